The van der Waals surface area contributed by atoms with Crippen molar-refractivity contribution in [3.63, 3.8) is 0 Å². The third kappa shape index (κ3) is 2.18. The highest BCUT2D eigenvalue weighted by Gasteiger charge is 2.09. The third-order valence-electron chi connectivity index (χ3n) is 2.22. The van der Waals surface area contributed by atoms with Crippen molar-refractivity contribution < 1.29 is 0 Å². The van der Waals surface area contributed by atoms with E-state index in [9.17, 15) is 0 Å². The van der Waals surface area contributed by atoms with Crippen LogP contribution >= 0.6 is 27.3 Å². The number of nitrogens with zero attached hydrogens (tertiary/aromatic N) is 2. The van der Waals surface area contributed by atoms with E-state index in [1.165, 1.54) is 0 Å². The van der Waals surface area contributed by atoms with Crippen molar-refractivity contribution in [2.24, 2.45) is 0 Å². The van der Waals surface area contributed by atoms with E-state index in [1.54, 1.807) is 11.3 Å². The van der Waals surface area contributed by atoms with Crippen LogP contribution in [0.5, 0.6) is 0 Å². The summed E-state index contributed by atoms with van der Waals surface area (Å²) >= 11 is 5.18. The predicted octanol–water partition coefficient (Wildman–Crippen LogP) is 2.58. The molecule has 0 aliphatic heterocycles. The Morgan fingerprint density at radius 1 is 1.38 bits per heavy atom. The normalized spacial score (nSPS) is 10.0. The molecule has 0 bridgehead atoms. The number of hydrogen-bond donors (Lipinski definition) is 0. The minimum Gasteiger partial charge on any atom is -0.241 e. The molecular formula is C11H8BBrN2S. The molecule has 0 fully saturated rings. The second-order valence-corrected chi connectivity index (χ2v) is 5.67. The van der Waals surface area contributed by atoms with Gasteiger partial charge in [0.1, 0.15) is 7.85 Å². The molecule has 2 aromatic rings. The van der Waals surface area contributed by atoms with Gasteiger partial charge in [-0.05, 0) is 34.4 Å². The van der Waals surface area contributed by atoms with Crippen molar-refractivity contribution in [2.75, 3.05) is 0 Å². The summed E-state index contributed by atoms with van der Waals surface area (Å²) < 4.78 is 1.05. The topological polar surface area (TPSA) is 36.7 Å². The van der Waals surface area contributed by atoms with E-state index in [0.717, 1.165) is 26.4 Å². The van der Waals surface area contributed by atoms with E-state index in [4.69, 9.17) is 5.26 Å². The molecule has 0 atom stereocenters. The lowest BCUT2D eigenvalue weighted by atomic mass is 10.1. The zero-order chi connectivity index (χ0) is 11.5. The maximum atomic E-state index is 8.72. The molecule has 2 nitrogen and oxygen atoms in total. The monoisotopic (exact) mass is 290 g/mol. The molecule has 1 aromatic carbocycles. The molecule has 0 saturated carbocycles. The van der Waals surface area contributed by atoms with Gasteiger partial charge in [-0.1, -0.05) is 12.1 Å². The maximum Gasteiger partial charge on any atom is 0.110 e. The predicted molar refractivity (Wildman–Crippen MR) is 72.2 cm³/mol. The number of aromatic nitrogens is 1. The Morgan fingerprint density at radius 2 is 2.06 bits per heavy atom. The van der Waals surface area contributed by atoms with Crippen molar-refractivity contribution in [1.82, 2.24) is 4.98 Å². The Labute approximate surface area is 107 Å². The molecule has 0 unspecified atom stereocenters. The minimum atomic E-state index is 0.672. The van der Waals surface area contributed by atoms with Gasteiger partial charge in [0, 0.05) is 5.56 Å². The molecule has 78 valence electrons. The van der Waals surface area contributed by atoms with Crippen LogP contribution in [0.25, 0.3) is 11.3 Å². The van der Waals surface area contributed by atoms with Crippen LogP contribution in [-0.4, -0.2) is 12.8 Å². The van der Waals surface area contributed by atoms with E-state index in [-0.39, 0.29) is 0 Å². The van der Waals surface area contributed by atoms with E-state index in [2.05, 4.69) is 34.8 Å². The minimum absolute atomic E-state index is 0.672. The lowest BCUT2D eigenvalue weighted by Gasteiger charge is -1.97. The molecule has 16 heavy (non-hydrogen) atoms. The summed E-state index contributed by atoms with van der Waals surface area (Å²) in [6.45, 7) is 0. The van der Waals surface area contributed by atoms with Crippen LogP contribution in [0.3, 0.4) is 0 Å². The van der Waals surface area contributed by atoms with Crippen molar-refractivity contribution in [2.45, 2.75) is 6.32 Å². The lowest BCUT2D eigenvalue weighted by Crippen LogP contribution is -1.83. The van der Waals surface area contributed by atoms with E-state index in [0.29, 0.717) is 5.56 Å². The summed E-state index contributed by atoms with van der Waals surface area (Å²) in [6.07, 6.45) is 0.944. The average Bonchev–Trinajstić information content (AvgIpc) is 2.71. The van der Waals surface area contributed by atoms with E-state index < -0.39 is 0 Å². The smallest absolute Gasteiger partial charge is 0.110 e. The van der Waals surface area contributed by atoms with Gasteiger partial charge in [-0.25, -0.2) is 4.98 Å². The maximum absolute atomic E-state index is 8.72. The number of rotatable bonds is 2. The fourth-order valence-electron chi connectivity index (χ4n) is 1.38. The van der Waals surface area contributed by atoms with Crippen LogP contribution in [0.4, 0.5) is 0 Å². The molecule has 2 rings (SSSR count). The van der Waals surface area contributed by atoms with Gasteiger partial charge in [-0.2, -0.15) is 5.26 Å². The summed E-state index contributed by atoms with van der Waals surface area (Å²) in [5, 5.41) is 9.84. The Kier molecular flexibility index (Phi) is 3.42. The Hall–Kier alpha value is -1.12. The van der Waals surface area contributed by atoms with E-state index >= 15 is 0 Å². The van der Waals surface area contributed by atoms with Crippen molar-refractivity contribution in [1.29, 1.82) is 5.26 Å². The molecule has 5 heteroatoms. The van der Waals surface area contributed by atoms with Crippen LogP contribution in [0.2, 0.25) is 0 Å². The highest BCUT2D eigenvalue weighted by Crippen LogP contribution is 2.32. The van der Waals surface area contributed by atoms with Gasteiger partial charge < -0.3 is 0 Å². The molecule has 0 amide bonds. The summed E-state index contributed by atoms with van der Waals surface area (Å²) in [7, 11) is 2.09. The lowest BCUT2D eigenvalue weighted by molar-refractivity contribution is 1.26. The molecule has 0 saturated heterocycles. The third-order valence-corrected chi connectivity index (χ3v) is 4.07. The average molecular weight is 291 g/mol. The summed E-state index contributed by atoms with van der Waals surface area (Å²) in [4.78, 5) is 4.54. The van der Waals surface area contributed by atoms with Gasteiger partial charge >= 0.3 is 0 Å². The highest BCUT2D eigenvalue weighted by molar-refractivity contribution is 9.11. The molecule has 0 aliphatic carbocycles. The SMILES string of the molecule is BCc1nc(-c2ccc(C#N)cc2)c(Br)s1. The van der Waals surface area contributed by atoms with Gasteiger partial charge in [-0.15, -0.1) is 11.3 Å². The quantitative estimate of drug-likeness (QED) is 0.797. The first-order chi connectivity index (χ1) is 7.74. The molecule has 0 aliphatic rings. The highest BCUT2D eigenvalue weighted by atomic mass is 79.9. The van der Waals surface area contributed by atoms with Crippen LogP contribution in [0.1, 0.15) is 10.6 Å². The number of halogens is 1. The fourth-order valence-corrected chi connectivity index (χ4v) is 3.00. The Bertz CT molecular complexity index is 542. The van der Waals surface area contributed by atoms with Crippen molar-refractivity contribution >= 4 is 35.1 Å². The van der Waals surface area contributed by atoms with Crippen molar-refractivity contribution in [3.8, 4) is 17.3 Å². The molecule has 1 heterocycles. The Morgan fingerprint density at radius 3 is 2.56 bits per heavy atom. The van der Waals surface area contributed by atoms with Gasteiger partial charge in [0.15, 0.2) is 0 Å². The second-order valence-electron chi connectivity index (χ2n) is 3.27. The summed E-state index contributed by atoms with van der Waals surface area (Å²) in [5.41, 5.74) is 2.68. The molecular weight excluding hydrogens is 283 g/mol. The van der Waals surface area contributed by atoms with Gasteiger partial charge in [0.25, 0.3) is 0 Å². The summed E-state index contributed by atoms with van der Waals surface area (Å²) in [5.74, 6) is 0. The number of hydrogen-bond acceptors (Lipinski definition) is 3. The molecule has 0 radical (unpaired) electrons. The number of benzene rings is 1. The van der Waals surface area contributed by atoms with Gasteiger partial charge in [-0.3, -0.25) is 0 Å². The fraction of sp³-hybridized carbons (Fsp3) is 0.0909. The Balaban J connectivity index is 2.42. The van der Waals surface area contributed by atoms with Crippen LogP contribution in [-0.2, 0) is 6.32 Å². The van der Waals surface area contributed by atoms with Crippen molar-refractivity contribution in [3.05, 3.63) is 38.6 Å². The summed E-state index contributed by atoms with van der Waals surface area (Å²) in [6, 6.07) is 9.59. The first-order valence-electron chi connectivity index (χ1n) is 4.90. The van der Waals surface area contributed by atoms with Gasteiger partial charge in [0.2, 0.25) is 0 Å². The second kappa shape index (κ2) is 4.81. The first-order valence-corrected chi connectivity index (χ1v) is 6.51. The standard InChI is InChI=1S/C11H8BBrN2S/c12-5-9-15-10(11(13)16-9)8-3-1-7(6-14)2-4-8/h1-4H,5,12H2. The van der Waals surface area contributed by atoms with E-state index in [1.807, 2.05) is 24.3 Å². The van der Waals surface area contributed by atoms with Crippen LogP contribution < -0.4 is 0 Å². The van der Waals surface area contributed by atoms with Gasteiger partial charge in [0.05, 0.1) is 26.1 Å². The van der Waals surface area contributed by atoms with Crippen LogP contribution in [0.15, 0.2) is 28.1 Å². The zero-order valence-electron chi connectivity index (χ0n) is 8.70. The number of thiazole rings is 1. The molecule has 1 aromatic heterocycles. The molecule has 0 N–H and O–H groups in total. The molecule has 0 spiro atoms. The zero-order valence-corrected chi connectivity index (χ0v) is 11.1. The van der Waals surface area contributed by atoms with Crippen LogP contribution in [0, 0.1) is 11.3 Å². The largest absolute Gasteiger partial charge is 0.241 e. The first kappa shape index (κ1) is 11.4. The number of nitriles is 1.